The predicted molar refractivity (Wildman–Crippen MR) is 104 cm³/mol. The Kier molecular flexibility index (Phi) is 5.85. The monoisotopic (exact) mass is 371 g/mol. The van der Waals surface area contributed by atoms with Crippen LogP contribution < -0.4 is 5.32 Å². The highest BCUT2D eigenvalue weighted by Gasteiger charge is 2.35. The van der Waals surface area contributed by atoms with Gasteiger partial charge in [-0.05, 0) is 32.8 Å². The molecule has 0 radical (unpaired) electrons. The van der Waals surface area contributed by atoms with Gasteiger partial charge in [-0.3, -0.25) is 9.69 Å². The van der Waals surface area contributed by atoms with Crippen LogP contribution in [0.5, 0.6) is 0 Å². The molecule has 27 heavy (non-hydrogen) atoms. The number of carbonyl (C=O) groups is 2. The average Bonchev–Trinajstić information content (AvgIpc) is 2.74. The molecule has 146 valence electrons. The number of alkyl carbamates (subject to hydrolysis) is 1. The fourth-order valence-corrected chi connectivity index (χ4v) is 3.54. The summed E-state index contributed by atoms with van der Waals surface area (Å²) in [6, 6.07) is 9.84. The molecule has 2 amide bonds. The second kappa shape index (κ2) is 8.13. The van der Waals surface area contributed by atoms with Crippen molar-refractivity contribution >= 4 is 12.0 Å². The molecule has 0 bridgehead atoms. The minimum atomic E-state index is -0.584. The fourth-order valence-electron chi connectivity index (χ4n) is 3.54. The van der Waals surface area contributed by atoms with Gasteiger partial charge in [0.15, 0.2) is 0 Å². The first kappa shape index (κ1) is 19.4. The Morgan fingerprint density at radius 1 is 1.22 bits per heavy atom. The molecule has 6 nitrogen and oxygen atoms in total. The van der Waals surface area contributed by atoms with Crippen molar-refractivity contribution in [2.75, 3.05) is 19.6 Å². The van der Waals surface area contributed by atoms with E-state index in [0.29, 0.717) is 13.0 Å². The van der Waals surface area contributed by atoms with Gasteiger partial charge in [0.2, 0.25) is 5.91 Å². The molecule has 0 aliphatic carbocycles. The fraction of sp³-hybridized carbons (Fsp3) is 0.524. The molecule has 2 aliphatic heterocycles. The SMILES string of the molecule is CC(C)(C)OC(=O)N[C@H]1CC=CC2CN(Cc3ccccc3)CCN2C1=O. The van der Waals surface area contributed by atoms with Gasteiger partial charge in [0.1, 0.15) is 11.6 Å². The minimum Gasteiger partial charge on any atom is -0.444 e. The molecule has 3 rings (SSSR count). The maximum absolute atomic E-state index is 12.9. The summed E-state index contributed by atoms with van der Waals surface area (Å²) in [6.07, 6.45) is 4.03. The summed E-state index contributed by atoms with van der Waals surface area (Å²) in [5.41, 5.74) is 0.693. The lowest BCUT2D eigenvalue weighted by Gasteiger charge is -2.40. The number of piperazine rings is 1. The topological polar surface area (TPSA) is 61.9 Å². The van der Waals surface area contributed by atoms with Gasteiger partial charge in [-0.1, -0.05) is 42.5 Å². The minimum absolute atomic E-state index is 0.0322. The van der Waals surface area contributed by atoms with Crippen molar-refractivity contribution in [1.29, 1.82) is 0 Å². The first-order chi connectivity index (χ1) is 12.8. The number of amides is 2. The van der Waals surface area contributed by atoms with Crippen molar-refractivity contribution in [1.82, 2.24) is 15.1 Å². The third kappa shape index (κ3) is 5.32. The normalized spacial score (nSPS) is 23.5. The van der Waals surface area contributed by atoms with Gasteiger partial charge in [0.05, 0.1) is 6.04 Å². The zero-order valence-electron chi connectivity index (χ0n) is 16.4. The number of ether oxygens (including phenoxy) is 1. The van der Waals surface area contributed by atoms with Crippen LogP contribution in [0.15, 0.2) is 42.5 Å². The molecule has 1 aromatic carbocycles. The van der Waals surface area contributed by atoms with Crippen LogP contribution in [0, 0.1) is 0 Å². The van der Waals surface area contributed by atoms with E-state index in [1.54, 1.807) is 0 Å². The van der Waals surface area contributed by atoms with E-state index >= 15 is 0 Å². The summed E-state index contributed by atoms with van der Waals surface area (Å²) in [5.74, 6) is -0.0322. The molecule has 1 aromatic rings. The molecule has 2 heterocycles. The zero-order chi connectivity index (χ0) is 19.4. The molecule has 1 fully saturated rings. The average molecular weight is 371 g/mol. The molecular weight excluding hydrogens is 342 g/mol. The highest BCUT2D eigenvalue weighted by atomic mass is 16.6. The summed E-state index contributed by atoms with van der Waals surface area (Å²) in [7, 11) is 0. The zero-order valence-corrected chi connectivity index (χ0v) is 16.4. The number of nitrogens with zero attached hydrogens (tertiary/aromatic N) is 2. The van der Waals surface area contributed by atoms with Gasteiger partial charge in [0, 0.05) is 26.2 Å². The van der Waals surface area contributed by atoms with Crippen LogP contribution in [0.1, 0.15) is 32.8 Å². The number of nitrogens with one attached hydrogen (secondary N) is 1. The lowest BCUT2D eigenvalue weighted by molar-refractivity contribution is -0.136. The molecule has 0 saturated carbocycles. The molecule has 1 saturated heterocycles. The molecule has 1 N–H and O–H groups in total. The standard InChI is InChI=1S/C21H29N3O3/c1-21(2,3)27-20(26)22-18-11-7-10-17-15-23(12-13-24(17)19(18)25)14-16-8-5-4-6-9-16/h4-10,17-18H,11-15H2,1-3H3,(H,22,26)/t17?,18-/m0/s1. The summed E-state index contributed by atoms with van der Waals surface area (Å²) >= 11 is 0. The van der Waals surface area contributed by atoms with Crippen LogP contribution in [0.4, 0.5) is 4.79 Å². The van der Waals surface area contributed by atoms with Crippen molar-refractivity contribution in [2.24, 2.45) is 0 Å². The van der Waals surface area contributed by atoms with Gasteiger partial charge >= 0.3 is 6.09 Å². The lowest BCUT2D eigenvalue weighted by Crippen LogP contribution is -2.58. The van der Waals surface area contributed by atoms with Crippen molar-refractivity contribution in [2.45, 2.75) is 51.4 Å². The van der Waals surface area contributed by atoms with Crippen LogP contribution in [0.25, 0.3) is 0 Å². The number of benzene rings is 1. The van der Waals surface area contributed by atoms with Crippen LogP contribution in [0.2, 0.25) is 0 Å². The van der Waals surface area contributed by atoms with Crippen molar-refractivity contribution in [3.8, 4) is 0 Å². The van der Waals surface area contributed by atoms with E-state index in [9.17, 15) is 9.59 Å². The summed E-state index contributed by atoms with van der Waals surface area (Å²) < 4.78 is 5.30. The van der Waals surface area contributed by atoms with Crippen LogP contribution in [0.3, 0.4) is 0 Å². The summed E-state index contributed by atoms with van der Waals surface area (Å²) in [4.78, 5) is 29.3. The second-order valence-electron chi connectivity index (χ2n) is 8.18. The van der Waals surface area contributed by atoms with E-state index in [0.717, 1.165) is 19.6 Å². The molecule has 1 unspecified atom stereocenters. The van der Waals surface area contributed by atoms with E-state index in [1.165, 1.54) is 5.56 Å². The van der Waals surface area contributed by atoms with Crippen LogP contribution >= 0.6 is 0 Å². The number of fused-ring (bicyclic) bond motifs is 1. The largest absolute Gasteiger partial charge is 0.444 e. The van der Waals surface area contributed by atoms with Gasteiger partial charge < -0.3 is 15.0 Å². The molecule has 0 spiro atoms. The molecule has 2 aliphatic rings. The van der Waals surface area contributed by atoms with Crippen molar-refractivity contribution in [3.63, 3.8) is 0 Å². The first-order valence-electron chi connectivity index (χ1n) is 9.55. The first-order valence-corrected chi connectivity index (χ1v) is 9.55. The number of carbonyl (C=O) groups excluding carboxylic acids is 2. The van der Waals surface area contributed by atoms with Crippen molar-refractivity contribution in [3.05, 3.63) is 48.0 Å². The smallest absolute Gasteiger partial charge is 0.408 e. The van der Waals surface area contributed by atoms with E-state index in [2.05, 4.69) is 28.4 Å². The molecule has 2 atom stereocenters. The third-order valence-electron chi connectivity index (χ3n) is 4.75. The number of hydrogen-bond donors (Lipinski definition) is 1. The Hall–Kier alpha value is -2.34. The summed E-state index contributed by atoms with van der Waals surface area (Å²) in [6.45, 7) is 8.59. The highest BCUT2D eigenvalue weighted by Crippen LogP contribution is 2.19. The highest BCUT2D eigenvalue weighted by molar-refractivity contribution is 5.86. The van der Waals surface area contributed by atoms with E-state index < -0.39 is 17.7 Å². The van der Waals surface area contributed by atoms with Gasteiger partial charge in [-0.25, -0.2) is 4.79 Å². The van der Waals surface area contributed by atoms with Crippen LogP contribution in [-0.4, -0.2) is 59.1 Å². The van der Waals surface area contributed by atoms with Gasteiger partial charge in [-0.2, -0.15) is 0 Å². The van der Waals surface area contributed by atoms with Gasteiger partial charge in [0.25, 0.3) is 0 Å². The molecular formula is C21H29N3O3. The number of rotatable bonds is 3. The quantitative estimate of drug-likeness (QED) is 0.830. The lowest BCUT2D eigenvalue weighted by atomic mass is 10.1. The molecule has 0 aromatic heterocycles. The third-order valence-corrected chi connectivity index (χ3v) is 4.75. The Labute approximate surface area is 161 Å². The Bertz CT molecular complexity index is 696. The van der Waals surface area contributed by atoms with E-state index in [1.807, 2.05) is 49.9 Å². The molecule has 6 heteroatoms. The van der Waals surface area contributed by atoms with Crippen LogP contribution in [-0.2, 0) is 16.1 Å². The van der Waals surface area contributed by atoms with E-state index in [-0.39, 0.29) is 11.9 Å². The second-order valence-corrected chi connectivity index (χ2v) is 8.18. The Balaban J connectivity index is 1.60. The Morgan fingerprint density at radius 2 is 1.96 bits per heavy atom. The number of hydrogen-bond acceptors (Lipinski definition) is 4. The maximum atomic E-state index is 12.9. The maximum Gasteiger partial charge on any atom is 0.408 e. The Morgan fingerprint density at radius 3 is 2.67 bits per heavy atom. The predicted octanol–water partition coefficient (Wildman–Crippen LogP) is 2.55. The van der Waals surface area contributed by atoms with Gasteiger partial charge in [-0.15, -0.1) is 0 Å². The summed E-state index contributed by atoms with van der Waals surface area (Å²) in [5, 5.41) is 2.73. The van der Waals surface area contributed by atoms with Crippen molar-refractivity contribution < 1.29 is 14.3 Å². The van der Waals surface area contributed by atoms with E-state index in [4.69, 9.17) is 4.74 Å².